The van der Waals surface area contributed by atoms with Crippen LogP contribution in [-0.4, -0.2) is 38.2 Å². The van der Waals surface area contributed by atoms with Crippen LogP contribution in [-0.2, 0) is 6.54 Å². The summed E-state index contributed by atoms with van der Waals surface area (Å²) in [6, 6.07) is 7.11. The second-order valence-corrected chi connectivity index (χ2v) is 5.26. The van der Waals surface area contributed by atoms with Crippen LogP contribution in [0.15, 0.2) is 18.2 Å². The second-order valence-electron chi connectivity index (χ2n) is 5.26. The zero-order valence-electron chi connectivity index (χ0n) is 11.7. The number of hydrogen-bond donors (Lipinski definition) is 1. The SMILES string of the molecule is COc1cc(CNC2CCN(C)CC2)ccc1C. The molecule has 3 heteroatoms. The van der Waals surface area contributed by atoms with Crippen molar-refractivity contribution in [1.82, 2.24) is 10.2 Å². The maximum absolute atomic E-state index is 5.36. The van der Waals surface area contributed by atoms with E-state index >= 15 is 0 Å². The first kappa shape index (κ1) is 13.4. The van der Waals surface area contributed by atoms with Gasteiger partial charge < -0.3 is 15.0 Å². The molecular formula is C15H24N2O. The van der Waals surface area contributed by atoms with Crippen molar-refractivity contribution >= 4 is 0 Å². The number of hydrogen-bond acceptors (Lipinski definition) is 3. The van der Waals surface area contributed by atoms with Gasteiger partial charge in [0.15, 0.2) is 0 Å². The van der Waals surface area contributed by atoms with Gasteiger partial charge in [-0.15, -0.1) is 0 Å². The third-order valence-corrected chi connectivity index (χ3v) is 3.79. The van der Waals surface area contributed by atoms with Crippen LogP contribution in [0.25, 0.3) is 0 Å². The first-order valence-electron chi connectivity index (χ1n) is 6.74. The van der Waals surface area contributed by atoms with E-state index in [0.29, 0.717) is 6.04 Å². The minimum atomic E-state index is 0.661. The van der Waals surface area contributed by atoms with Crippen molar-refractivity contribution in [1.29, 1.82) is 0 Å². The van der Waals surface area contributed by atoms with Crippen molar-refractivity contribution in [2.75, 3.05) is 27.2 Å². The summed E-state index contributed by atoms with van der Waals surface area (Å²) in [5.74, 6) is 0.984. The van der Waals surface area contributed by atoms with Gasteiger partial charge in [0.1, 0.15) is 5.75 Å². The lowest BCUT2D eigenvalue weighted by atomic mass is 10.0. The summed E-state index contributed by atoms with van der Waals surface area (Å²) in [6.07, 6.45) is 2.50. The summed E-state index contributed by atoms with van der Waals surface area (Å²) in [5.41, 5.74) is 2.50. The Bertz CT molecular complexity index is 384. The number of aryl methyl sites for hydroxylation is 1. The topological polar surface area (TPSA) is 24.5 Å². The van der Waals surface area contributed by atoms with Crippen LogP contribution in [0.5, 0.6) is 5.75 Å². The summed E-state index contributed by atoms with van der Waals surface area (Å²) in [7, 11) is 3.93. The van der Waals surface area contributed by atoms with Gasteiger partial charge in [0.2, 0.25) is 0 Å². The maximum Gasteiger partial charge on any atom is 0.122 e. The normalized spacial score (nSPS) is 17.9. The minimum Gasteiger partial charge on any atom is -0.496 e. The molecule has 100 valence electrons. The van der Waals surface area contributed by atoms with E-state index in [1.807, 2.05) is 0 Å². The number of likely N-dealkylation sites (tertiary alicyclic amines) is 1. The Morgan fingerprint density at radius 1 is 1.33 bits per heavy atom. The van der Waals surface area contributed by atoms with E-state index in [1.54, 1.807) is 7.11 Å². The second kappa shape index (κ2) is 6.21. The van der Waals surface area contributed by atoms with E-state index in [9.17, 15) is 0 Å². The molecule has 0 amide bonds. The average Bonchev–Trinajstić information content (AvgIpc) is 2.39. The van der Waals surface area contributed by atoms with Gasteiger partial charge in [0, 0.05) is 12.6 Å². The van der Waals surface area contributed by atoms with Gasteiger partial charge in [-0.1, -0.05) is 12.1 Å². The van der Waals surface area contributed by atoms with Crippen LogP contribution < -0.4 is 10.1 Å². The Morgan fingerprint density at radius 3 is 2.72 bits per heavy atom. The van der Waals surface area contributed by atoms with Gasteiger partial charge in [0.25, 0.3) is 0 Å². The highest BCUT2D eigenvalue weighted by molar-refractivity contribution is 5.36. The lowest BCUT2D eigenvalue weighted by Crippen LogP contribution is -2.40. The van der Waals surface area contributed by atoms with Crippen molar-refractivity contribution in [3.8, 4) is 5.75 Å². The molecule has 0 atom stereocenters. The smallest absolute Gasteiger partial charge is 0.122 e. The fourth-order valence-corrected chi connectivity index (χ4v) is 2.45. The number of nitrogens with zero attached hydrogens (tertiary/aromatic N) is 1. The van der Waals surface area contributed by atoms with Crippen molar-refractivity contribution in [3.63, 3.8) is 0 Å². The summed E-state index contributed by atoms with van der Waals surface area (Å²) in [6.45, 7) is 5.42. The van der Waals surface area contributed by atoms with E-state index < -0.39 is 0 Å². The highest BCUT2D eigenvalue weighted by Gasteiger charge is 2.15. The Kier molecular flexibility index (Phi) is 4.61. The molecule has 1 aliphatic rings. The molecular weight excluding hydrogens is 224 g/mol. The number of methoxy groups -OCH3 is 1. The molecule has 1 fully saturated rings. The molecule has 1 aliphatic heterocycles. The van der Waals surface area contributed by atoms with Gasteiger partial charge in [-0.25, -0.2) is 0 Å². The van der Waals surface area contributed by atoms with Crippen LogP contribution >= 0.6 is 0 Å². The Hall–Kier alpha value is -1.06. The molecule has 3 nitrogen and oxygen atoms in total. The van der Waals surface area contributed by atoms with E-state index in [2.05, 4.69) is 42.4 Å². The molecule has 18 heavy (non-hydrogen) atoms. The lowest BCUT2D eigenvalue weighted by Gasteiger charge is -2.29. The highest BCUT2D eigenvalue weighted by Crippen LogP contribution is 2.19. The van der Waals surface area contributed by atoms with E-state index in [4.69, 9.17) is 4.74 Å². The third-order valence-electron chi connectivity index (χ3n) is 3.79. The van der Waals surface area contributed by atoms with Gasteiger partial charge in [-0.2, -0.15) is 0 Å². The molecule has 0 spiro atoms. The van der Waals surface area contributed by atoms with Crippen molar-refractivity contribution in [2.24, 2.45) is 0 Å². The largest absolute Gasteiger partial charge is 0.496 e. The van der Waals surface area contributed by atoms with Crippen LogP contribution in [0.3, 0.4) is 0 Å². The molecule has 1 saturated heterocycles. The highest BCUT2D eigenvalue weighted by atomic mass is 16.5. The molecule has 1 aromatic carbocycles. The number of piperidine rings is 1. The van der Waals surface area contributed by atoms with E-state index in [0.717, 1.165) is 12.3 Å². The molecule has 0 aromatic heterocycles. The van der Waals surface area contributed by atoms with Gasteiger partial charge in [-0.05, 0) is 57.1 Å². The average molecular weight is 248 g/mol. The van der Waals surface area contributed by atoms with Crippen LogP contribution in [0, 0.1) is 6.92 Å². The molecule has 0 saturated carbocycles. The van der Waals surface area contributed by atoms with Gasteiger partial charge in [0.05, 0.1) is 7.11 Å². The van der Waals surface area contributed by atoms with Gasteiger partial charge in [-0.3, -0.25) is 0 Å². The first-order valence-corrected chi connectivity index (χ1v) is 6.74. The summed E-state index contributed by atoms with van der Waals surface area (Å²) in [4.78, 5) is 2.40. The minimum absolute atomic E-state index is 0.661. The Balaban J connectivity index is 1.86. The van der Waals surface area contributed by atoms with E-state index in [1.165, 1.54) is 37.1 Å². The monoisotopic (exact) mass is 248 g/mol. The third kappa shape index (κ3) is 3.47. The number of rotatable bonds is 4. The predicted octanol–water partition coefficient (Wildman–Crippen LogP) is 2.19. The standard InChI is InChI=1S/C15H24N2O/c1-12-4-5-13(10-15(12)18-3)11-16-14-6-8-17(2)9-7-14/h4-5,10,14,16H,6-9,11H2,1-3H3. The Morgan fingerprint density at radius 2 is 2.06 bits per heavy atom. The van der Waals surface area contributed by atoms with Crippen LogP contribution in [0.1, 0.15) is 24.0 Å². The maximum atomic E-state index is 5.36. The van der Waals surface area contributed by atoms with E-state index in [-0.39, 0.29) is 0 Å². The summed E-state index contributed by atoms with van der Waals surface area (Å²) < 4.78 is 5.36. The quantitative estimate of drug-likeness (QED) is 0.884. The molecule has 2 rings (SSSR count). The van der Waals surface area contributed by atoms with Crippen molar-refractivity contribution in [2.45, 2.75) is 32.4 Å². The molecule has 0 unspecified atom stereocenters. The first-order chi connectivity index (χ1) is 8.69. The fraction of sp³-hybridized carbons (Fsp3) is 0.600. The molecule has 0 aliphatic carbocycles. The summed E-state index contributed by atoms with van der Waals surface area (Å²) in [5, 5.41) is 3.65. The molecule has 0 bridgehead atoms. The fourth-order valence-electron chi connectivity index (χ4n) is 2.45. The van der Waals surface area contributed by atoms with Gasteiger partial charge >= 0.3 is 0 Å². The zero-order valence-corrected chi connectivity index (χ0v) is 11.7. The molecule has 0 radical (unpaired) electrons. The Labute approximate surface area is 110 Å². The number of benzene rings is 1. The van der Waals surface area contributed by atoms with Crippen molar-refractivity contribution in [3.05, 3.63) is 29.3 Å². The lowest BCUT2D eigenvalue weighted by molar-refractivity contribution is 0.234. The predicted molar refractivity (Wildman–Crippen MR) is 75.1 cm³/mol. The molecule has 1 heterocycles. The zero-order chi connectivity index (χ0) is 13.0. The van der Waals surface area contributed by atoms with Crippen LogP contribution in [0.4, 0.5) is 0 Å². The number of nitrogens with one attached hydrogen (secondary N) is 1. The van der Waals surface area contributed by atoms with Crippen molar-refractivity contribution < 1.29 is 4.74 Å². The molecule has 1 aromatic rings. The summed E-state index contributed by atoms with van der Waals surface area (Å²) >= 11 is 0. The number of ether oxygens (including phenoxy) is 1. The molecule has 1 N–H and O–H groups in total. The van der Waals surface area contributed by atoms with Crippen LogP contribution in [0.2, 0.25) is 0 Å².